The quantitative estimate of drug-likeness (QED) is 0.808. The summed E-state index contributed by atoms with van der Waals surface area (Å²) >= 11 is 0. The largest absolute Gasteiger partial charge is 0.396 e. The number of nitrogens with one attached hydrogen (secondary N) is 1. The molecule has 1 saturated heterocycles. The Kier molecular flexibility index (Phi) is 4.34. The van der Waals surface area contributed by atoms with Crippen molar-refractivity contribution in [2.24, 2.45) is 5.92 Å². The van der Waals surface area contributed by atoms with Gasteiger partial charge in [-0.15, -0.1) is 0 Å². The Bertz CT molecular complexity index is 356. The van der Waals surface area contributed by atoms with E-state index < -0.39 is 0 Å². The summed E-state index contributed by atoms with van der Waals surface area (Å²) in [5.74, 6) is 1.60. The lowest BCUT2D eigenvalue weighted by molar-refractivity contribution is 0.249. The highest BCUT2D eigenvalue weighted by molar-refractivity contribution is 5.36. The summed E-state index contributed by atoms with van der Waals surface area (Å²) in [5.41, 5.74) is 1.30. The van der Waals surface area contributed by atoms with Crippen molar-refractivity contribution in [1.29, 1.82) is 0 Å². The van der Waals surface area contributed by atoms with Crippen molar-refractivity contribution in [2.45, 2.75) is 19.4 Å². The molecule has 0 aromatic carbocycles. The van der Waals surface area contributed by atoms with Gasteiger partial charge in [-0.05, 0) is 43.0 Å². The van der Waals surface area contributed by atoms with E-state index in [9.17, 15) is 0 Å². The number of aliphatic hydroxyl groups excluding tert-OH is 1. The minimum atomic E-state index is 0.317. The molecule has 1 aliphatic rings. The van der Waals surface area contributed by atoms with Crippen molar-refractivity contribution >= 4 is 5.82 Å². The molecule has 1 fully saturated rings. The molecule has 2 heterocycles. The van der Waals surface area contributed by atoms with E-state index in [-0.39, 0.29) is 0 Å². The van der Waals surface area contributed by atoms with E-state index in [0.29, 0.717) is 12.5 Å². The fourth-order valence-corrected chi connectivity index (χ4v) is 2.44. The number of hydrogen-bond acceptors (Lipinski definition) is 4. The van der Waals surface area contributed by atoms with Crippen molar-refractivity contribution in [2.75, 3.05) is 32.1 Å². The molecule has 0 bridgehead atoms. The van der Waals surface area contributed by atoms with Crippen molar-refractivity contribution in [3.8, 4) is 0 Å². The predicted octanol–water partition coefficient (Wildman–Crippen LogP) is 1.33. The molecule has 0 amide bonds. The molecule has 1 aliphatic heterocycles. The van der Waals surface area contributed by atoms with Crippen LogP contribution in [0.25, 0.3) is 0 Å². The van der Waals surface area contributed by atoms with Gasteiger partial charge >= 0.3 is 0 Å². The average molecular weight is 235 g/mol. The zero-order chi connectivity index (χ0) is 12.1. The minimum absolute atomic E-state index is 0.317. The number of anilines is 1. The topological polar surface area (TPSA) is 48.4 Å². The van der Waals surface area contributed by atoms with E-state index in [0.717, 1.165) is 31.9 Å². The Morgan fingerprint density at radius 2 is 2.47 bits per heavy atom. The molecule has 0 radical (unpaired) electrons. The van der Waals surface area contributed by atoms with Gasteiger partial charge in [0.05, 0.1) is 0 Å². The fourth-order valence-electron chi connectivity index (χ4n) is 2.44. The number of nitrogens with zero attached hydrogens (tertiary/aromatic N) is 2. The first-order valence-corrected chi connectivity index (χ1v) is 6.27. The monoisotopic (exact) mass is 235 g/mol. The zero-order valence-corrected chi connectivity index (χ0v) is 10.4. The van der Waals surface area contributed by atoms with Gasteiger partial charge in [-0.3, -0.25) is 4.90 Å². The average Bonchev–Trinajstić information content (AvgIpc) is 2.77. The van der Waals surface area contributed by atoms with Crippen molar-refractivity contribution in [3.05, 3.63) is 23.9 Å². The molecule has 2 N–H and O–H groups in total. The van der Waals surface area contributed by atoms with Gasteiger partial charge < -0.3 is 10.4 Å². The maximum atomic E-state index is 8.94. The zero-order valence-electron chi connectivity index (χ0n) is 10.4. The van der Waals surface area contributed by atoms with Crippen LogP contribution < -0.4 is 5.32 Å². The smallest absolute Gasteiger partial charge is 0.125 e. The van der Waals surface area contributed by atoms with Crippen LogP contribution in [0, 0.1) is 5.92 Å². The molecular weight excluding hydrogens is 214 g/mol. The Morgan fingerprint density at radius 3 is 3.24 bits per heavy atom. The lowest BCUT2D eigenvalue weighted by Crippen LogP contribution is -2.20. The SMILES string of the molecule is CNc1cc(CN2CCC(CCO)C2)ccn1. The van der Waals surface area contributed by atoms with Gasteiger partial charge in [0.2, 0.25) is 0 Å². The van der Waals surface area contributed by atoms with E-state index in [1.165, 1.54) is 12.0 Å². The Labute approximate surface area is 103 Å². The summed E-state index contributed by atoms with van der Waals surface area (Å²) in [4.78, 5) is 6.67. The van der Waals surface area contributed by atoms with Crippen molar-refractivity contribution in [1.82, 2.24) is 9.88 Å². The van der Waals surface area contributed by atoms with Crippen LogP contribution in [-0.2, 0) is 6.54 Å². The third-order valence-corrected chi connectivity index (χ3v) is 3.39. The molecule has 1 aromatic heterocycles. The molecular formula is C13H21N3O. The summed E-state index contributed by atoms with van der Waals surface area (Å²) in [7, 11) is 1.89. The third kappa shape index (κ3) is 3.41. The van der Waals surface area contributed by atoms with Crippen LogP contribution in [0.15, 0.2) is 18.3 Å². The Hall–Kier alpha value is -1.13. The first-order chi connectivity index (χ1) is 8.31. The fraction of sp³-hybridized carbons (Fsp3) is 0.615. The van der Waals surface area contributed by atoms with E-state index in [1.807, 2.05) is 13.2 Å². The highest BCUT2D eigenvalue weighted by Crippen LogP contribution is 2.21. The molecule has 1 unspecified atom stereocenters. The predicted molar refractivity (Wildman–Crippen MR) is 68.9 cm³/mol. The molecule has 0 aliphatic carbocycles. The lowest BCUT2D eigenvalue weighted by Gasteiger charge is -2.16. The van der Waals surface area contributed by atoms with Gasteiger partial charge in [0.1, 0.15) is 5.82 Å². The summed E-state index contributed by atoms with van der Waals surface area (Å²) in [5, 5.41) is 12.0. The Morgan fingerprint density at radius 1 is 1.59 bits per heavy atom. The molecule has 94 valence electrons. The summed E-state index contributed by atoms with van der Waals surface area (Å²) < 4.78 is 0. The second kappa shape index (κ2) is 5.98. The van der Waals surface area contributed by atoms with Crippen LogP contribution in [0.4, 0.5) is 5.82 Å². The normalized spacial score (nSPS) is 20.7. The van der Waals surface area contributed by atoms with Crippen LogP contribution in [0.1, 0.15) is 18.4 Å². The number of rotatable bonds is 5. The van der Waals surface area contributed by atoms with Crippen LogP contribution in [0.5, 0.6) is 0 Å². The van der Waals surface area contributed by atoms with Crippen LogP contribution >= 0.6 is 0 Å². The van der Waals surface area contributed by atoms with E-state index in [4.69, 9.17) is 5.11 Å². The Balaban J connectivity index is 1.88. The maximum Gasteiger partial charge on any atom is 0.125 e. The second-order valence-corrected chi connectivity index (χ2v) is 4.70. The molecule has 17 heavy (non-hydrogen) atoms. The molecule has 4 nitrogen and oxygen atoms in total. The highest BCUT2D eigenvalue weighted by Gasteiger charge is 2.21. The first-order valence-electron chi connectivity index (χ1n) is 6.27. The van der Waals surface area contributed by atoms with Crippen molar-refractivity contribution in [3.63, 3.8) is 0 Å². The maximum absolute atomic E-state index is 8.94. The minimum Gasteiger partial charge on any atom is -0.396 e. The van der Waals surface area contributed by atoms with Gasteiger partial charge in [0, 0.05) is 32.9 Å². The molecule has 0 saturated carbocycles. The second-order valence-electron chi connectivity index (χ2n) is 4.70. The van der Waals surface area contributed by atoms with E-state index in [2.05, 4.69) is 27.3 Å². The lowest BCUT2D eigenvalue weighted by atomic mass is 10.1. The van der Waals surface area contributed by atoms with E-state index >= 15 is 0 Å². The molecule has 1 atom stereocenters. The summed E-state index contributed by atoms with van der Waals surface area (Å²) in [6.07, 6.45) is 4.00. The van der Waals surface area contributed by atoms with Gasteiger partial charge in [-0.2, -0.15) is 0 Å². The molecule has 4 heteroatoms. The summed E-state index contributed by atoms with van der Waals surface area (Å²) in [6.45, 7) is 3.55. The van der Waals surface area contributed by atoms with Crippen molar-refractivity contribution < 1.29 is 5.11 Å². The van der Waals surface area contributed by atoms with Gasteiger partial charge in [-0.1, -0.05) is 0 Å². The van der Waals surface area contributed by atoms with Crippen LogP contribution in [0.3, 0.4) is 0 Å². The molecule has 0 spiro atoms. The number of aromatic nitrogens is 1. The van der Waals surface area contributed by atoms with E-state index in [1.54, 1.807) is 0 Å². The summed E-state index contributed by atoms with van der Waals surface area (Å²) in [6, 6.07) is 4.17. The van der Waals surface area contributed by atoms with Gasteiger partial charge in [0.25, 0.3) is 0 Å². The number of likely N-dealkylation sites (tertiary alicyclic amines) is 1. The van der Waals surface area contributed by atoms with Crippen LogP contribution in [0.2, 0.25) is 0 Å². The third-order valence-electron chi connectivity index (χ3n) is 3.39. The molecule has 2 rings (SSSR count). The molecule has 1 aromatic rings. The van der Waals surface area contributed by atoms with Gasteiger partial charge in [0.15, 0.2) is 0 Å². The number of aliphatic hydroxyl groups is 1. The standard InChI is InChI=1S/C13H21N3O/c1-14-13-8-12(2-5-15-13)10-16-6-3-11(9-16)4-7-17/h2,5,8,11,17H,3-4,6-7,9-10H2,1H3,(H,14,15). The first kappa shape index (κ1) is 12.3. The number of hydrogen-bond donors (Lipinski definition) is 2. The van der Waals surface area contributed by atoms with Crippen LogP contribution in [-0.4, -0.2) is 41.7 Å². The van der Waals surface area contributed by atoms with Gasteiger partial charge in [-0.25, -0.2) is 4.98 Å². The highest BCUT2D eigenvalue weighted by atomic mass is 16.3. The number of pyridine rings is 1.